The number of aromatic nitrogens is 3. The minimum absolute atomic E-state index is 0.0973. The lowest BCUT2D eigenvalue weighted by molar-refractivity contribution is -0.141. The lowest BCUT2D eigenvalue weighted by Crippen LogP contribution is -2.14. The number of hydrogen-bond donors (Lipinski definition) is 1. The summed E-state index contributed by atoms with van der Waals surface area (Å²) in [4.78, 5) is 22.7. The number of alkyl halides is 3. The van der Waals surface area contributed by atoms with Crippen LogP contribution in [0, 0.1) is 6.92 Å². The van der Waals surface area contributed by atoms with Gasteiger partial charge in [0, 0.05) is 11.6 Å². The minimum atomic E-state index is -4.53. The fourth-order valence-corrected chi connectivity index (χ4v) is 2.60. The lowest BCUT2D eigenvalue weighted by Gasteiger charge is -2.06. The number of rotatable bonds is 4. The van der Waals surface area contributed by atoms with E-state index < -0.39 is 11.9 Å². The molecule has 0 saturated heterocycles. The molecular formula is C11H9F3N4OS2. The number of aryl methyl sites for hydroxylation is 1. The van der Waals surface area contributed by atoms with Crippen LogP contribution in [0.2, 0.25) is 0 Å². The zero-order chi connectivity index (χ0) is 15.5. The van der Waals surface area contributed by atoms with Gasteiger partial charge in [0.15, 0.2) is 10.3 Å². The number of nitrogens with one attached hydrogen (secondary N) is 1. The molecule has 0 atom stereocenters. The summed E-state index contributed by atoms with van der Waals surface area (Å²) in [5.41, 5.74) is -0.250. The Morgan fingerprint density at radius 3 is 2.81 bits per heavy atom. The number of hydrogen-bond acceptors (Lipinski definition) is 6. The van der Waals surface area contributed by atoms with Crippen LogP contribution in [0.1, 0.15) is 11.4 Å². The molecule has 0 bridgehead atoms. The molecule has 2 aromatic rings. The van der Waals surface area contributed by atoms with Gasteiger partial charge in [-0.3, -0.25) is 4.79 Å². The second kappa shape index (κ2) is 6.39. The van der Waals surface area contributed by atoms with E-state index in [9.17, 15) is 18.0 Å². The molecule has 112 valence electrons. The molecule has 2 heterocycles. The second-order valence-corrected chi connectivity index (χ2v) is 5.65. The molecular weight excluding hydrogens is 325 g/mol. The van der Waals surface area contributed by atoms with E-state index in [1.165, 1.54) is 11.3 Å². The van der Waals surface area contributed by atoms with Crippen LogP contribution in [0.3, 0.4) is 0 Å². The van der Waals surface area contributed by atoms with Gasteiger partial charge in [-0.25, -0.2) is 15.0 Å². The Hall–Kier alpha value is -1.68. The van der Waals surface area contributed by atoms with Crippen LogP contribution in [0.4, 0.5) is 18.3 Å². The summed E-state index contributed by atoms with van der Waals surface area (Å²) in [5.74, 6) is -0.477. The summed E-state index contributed by atoms with van der Waals surface area (Å²) >= 11 is 2.10. The maximum absolute atomic E-state index is 12.5. The highest BCUT2D eigenvalue weighted by Crippen LogP contribution is 2.28. The Morgan fingerprint density at radius 1 is 1.43 bits per heavy atom. The van der Waals surface area contributed by atoms with E-state index in [0.717, 1.165) is 29.7 Å². The van der Waals surface area contributed by atoms with Crippen molar-refractivity contribution in [3.05, 3.63) is 29.0 Å². The highest BCUT2D eigenvalue weighted by Gasteiger charge is 2.32. The Morgan fingerprint density at radius 2 is 2.19 bits per heavy atom. The topological polar surface area (TPSA) is 67.8 Å². The first kappa shape index (κ1) is 15.7. The van der Waals surface area contributed by atoms with E-state index in [-0.39, 0.29) is 16.8 Å². The molecule has 0 unspecified atom stereocenters. The van der Waals surface area contributed by atoms with Crippen molar-refractivity contribution in [3.63, 3.8) is 0 Å². The fraction of sp³-hybridized carbons (Fsp3) is 0.273. The third-order valence-corrected chi connectivity index (χ3v) is 3.86. The molecule has 0 aromatic carbocycles. The van der Waals surface area contributed by atoms with Crippen molar-refractivity contribution < 1.29 is 18.0 Å². The second-order valence-electron chi connectivity index (χ2n) is 3.85. The average Bonchev–Trinajstić information content (AvgIpc) is 2.81. The third-order valence-electron chi connectivity index (χ3n) is 2.12. The molecule has 2 aromatic heterocycles. The van der Waals surface area contributed by atoms with Gasteiger partial charge in [-0.05, 0) is 13.0 Å². The number of carbonyl (C=O) groups is 1. The molecule has 21 heavy (non-hydrogen) atoms. The predicted octanol–water partition coefficient (Wildman–Crippen LogP) is 2.99. The van der Waals surface area contributed by atoms with Crippen LogP contribution in [0.25, 0.3) is 0 Å². The van der Waals surface area contributed by atoms with Crippen molar-refractivity contribution in [2.45, 2.75) is 18.3 Å². The lowest BCUT2D eigenvalue weighted by atomic mass is 10.4. The van der Waals surface area contributed by atoms with Gasteiger partial charge in [-0.1, -0.05) is 11.8 Å². The molecule has 2 rings (SSSR count). The van der Waals surface area contributed by atoms with E-state index in [2.05, 4.69) is 20.3 Å². The fourth-order valence-electron chi connectivity index (χ4n) is 1.27. The molecule has 5 nitrogen and oxygen atoms in total. The molecule has 0 fully saturated rings. The zero-order valence-corrected chi connectivity index (χ0v) is 12.3. The van der Waals surface area contributed by atoms with Gasteiger partial charge >= 0.3 is 6.18 Å². The van der Waals surface area contributed by atoms with E-state index in [0.29, 0.717) is 5.13 Å². The smallest absolute Gasteiger partial charge is 0.301 e. The molecule has 1 N–H and O–H groups in total. The van der Waals surface area contributed by atoms with Gasteiger partial charge < -0.3 is 5.32 Å². The quantitative estimate of drug-likeness (QED) is 0.688. The maximum Gasteiger partial charge on any atom is 0.433 e. The highest BCUT2D eigenvalue weighted by molar-refractivity contribution is 7.99. The Kier molecular flexibility index (Phi) is 4.78. The van der Waals surface area contributed by atoms with Crippen molar-refractivity contribution in [2.75, 3.05) is 11.1 Å². The predicted molar refractivity (Wildman–Crippen MR) is 73.2 cm³/mol. The standard InChI is InChI=1S/C11H9F3N4OS2/c1-6-4-20-10(16-6)18-8(19)5-21-9-15-3-2-7(17-9)11(12,13)14/h2-4H,5H2,1H3,(H,16,18,19). The number of nitrogens with zero attached hydrogens (tertiary/aromatic N) is 3. The Labute approximate surface area is 126 Å². The third kappa shape index (κ3) is 4.67. The Balaban J connectivity index is 1.92. The summed E-state index contributed by atoms with van der Waals surface area (Å²) in [6, 6.07) is 0.780. The van der Waals surface area contributed by atoms with E-state index in [1.807, 2.05) is 0 Å². The summed E-state index contributed by atoms with van der Waals surface area (Å²) < 4.78 is 37.4. The number of anilines is 1. The highest BCUT2D eigenvalue weighted by atomic mass is 32.2. The number of carbonyl (C=O) groups excluding carboxylic acids is 1. The van der Waals surface area contributed by atoms with Crippen molar-refractivity contribution in [1.29, 1.82) is 0 Å². The van der Waals surface area contributed by atoms with Gasteiger partial charge in [0.05, 0.1) is 11.4 Å². The van der Waals surface area contributed by atoms with Gasteiger partial charge in [-0.2, -0.15) is 13.2 Å². The average molecular weight is 334 g/mol. The van der Waals surface area contributed by atoms with Crippen LogP contribution < -0.4 is 5.32 Å². The SMILES string of the molecule is Cc1csc(NC(=O)CSc2nccc(C(F)(F)F)n2)n1. The molecule has 0 aliphatic rings. The first-order valence-corrected chi connectivity index (χ1v) is 7.46. The van der Waals surface area contributed by atoms with Crippen LogP contribution >= 0.6 is 23.1 Å². The number of thiazole rings is 1. The molecule has 1 amide bonds. The number of amides is 1. The van der Waals surface area contributed by atoms with Crippen LogP contribution in [0.5, 0.6) is 0 Å². The van der Waals surface area contributed by atoms with E-state index in [1.54, 1.807) is 12.3 Å². The molecule has 0 saturated carbocycles. The summed E-state index contributed by atoms with van der Waals surface area (Å²) in [5, 5.41) is 4.67. The van der Waals surface area contributed by atoms with Crippen LogP contribution in [-0.4, -0.2) is 26.6 Å². The maximum atomic E-state index is 12.5. The molecule has 0 spiro atoms. The van der Waals surface area contributed by atoms with Crippen molar-refractivity contribution >= 4 is 34.1 Å². The molecule has 0 aliphatic heterocycles. The van der Waals surface area contributed by atoms with Crippen LogP contribution in [0.15, 0.2) is 22.8 Å². The van der Waals surface area contributed by atoms with E-state index in [4.69, 9.17) is 0 Å². The van der Waals surface area contributed by atoms with Gasteiger partial charge in [0.2, 0.25) is 5.91 Å². The van der Waals surface area contributed by atoms with Crippen molar-refractivity contribution in [1.82, 2.24) is 15.0 Å². The van der Waals surface area contributed by atoms with Crippen LogP contribution in [-0.2, 0) is 11.0 Å². The van der Waals surface area contributed by atoms with Gasteiger partial charge in [-0.15, -0.1) is 11.3 Å². The first-order chi connectivity index (χ1) is 9.84. The van der Waals surface area contributed by atoms with Crippen molar-refractivity contribution in [2.24, 2.45) is 0 Å². The first-order valence-electron chi connectivity index (χ1n) is 5.59. The summed E-state index contributed by atoms with van der Waals surface area (Å²) in [7, 11) is 0. The van der Waals surface area contributed by atoms with Gasteiger partial charge in [0.25, 0.3) is 0 Å². The molecule has 0 radical (unpaired) electrons. The zero-order valence-electron chi connectivity index (χ0n) is 10.6. The monoisotopic (exact) mass is 334 g/mol. The largest absolute Gasteiger partial charge is 0.433 e. The van der Waals surface area contributed by atoms with Crippen molar-refractivity contribution in [3.8, 4) is 0 Å². The summed E-state index contributed by atoms with van der Waals surface area (Å²) in [6.45, 7) is 1.79. The van der Waals surface area contributed by atoms with Gasteiger partial charge in [0.1, 0.15) is 5.69 Å². The summed E-state index contributed by atoms with van der Waals surface area (Å²) in [6.07, 6.45) is -3.51. The normalized spacial score (nSPS) is 11.4. The molecule has 0 aliphatic carbocycles. The Bertz CT molecular complexity index is 644. The number of halogens is 3. The van der Waals surface area contributed by atoms with E-state index >= 15 is 0 Å². The minimum Gasteiger partial charge on any atom is -0.301 e. The number of thioether (sulfide) groups is 1. The molecule has 10 heteroatoms.